The Kier molecular flexibility index (Phi) is 4.52. The lowest BCUT2D eigenvalue weighted by Gasteiger charge is -2.19. The van der Waals surface area contributed by atoms with E-state index >= 15 is 0 Å². The van der Waals surface area contributed by atoms with Gasteiger partial charge in [-0.05, 0) is 39.0 Å². The topological polar surface area (TPSA) is 113 Å². The second-order valence-corrected chi connectivity index (χ2v) is 7.71. The third-order valence-corrected chi connectivity index (χ3v) is 4.22. The van der Waals surface area contributed by atoms with Gasteiger partial charge in [0.15, 0.2) is 11.5 Å². The summed E-state index contributed by atoms with van der Waals surface area (Å²) < 4.78 is 32.0. The van der Waals surface area contributed by atoms with Crippen molar-refractivity contribution in [3.63, 3.8) is 0 Å². The van der Waals surface area contributed by atoms with Crippen LogP contribution in [0.4, 0.5) is 8.78 Å². The van der Waals surface area contributed by atoms with Crippen LogP contribution >= 0.6 is 0 Å². The fourth-order valence-electron chi connectivity index (χ4n) is 3.05. The molecule has 156 valence electrons. The summed E-state index contributed by atoms with van der Waals surface area (Å²) in [6.45, 7) is 2.69. The van der Waals surface area contributed by atoms with Crippen molar-refractivity contribution in [1.29, 1.82) is 0 Å². The molecule has 0 aliphatic rings. The molecular formula is C19H19F2N7O2. The molecule has 0 atom stereocenters. The summed E-state index contributed by atoms with van der Waals surface area (Å²) in [5.41, 5.74) is 1.10. The minimum atomic E-state index is -2.91. The van der Waals surface area contributed by atoms with Crippen molar-refractivity contribution in [3.8, 4) is 11.6 Å². The van der Waals surface area contributed by atoms with Crippen molar-refractivity contribution >= 4 is 28.0 Å². The first-order valence-electron chi connectivity index (χ1n) is 9.01. The van der Waals surface area contributed by atoms with Gasteiger partial charge in [0, 0.05) is 17.1 Å². The number of nitrogens with one attached hydrogen (secondary N) is 1. The van der Waals surface area contributed by atoms with Crippen molar-refractivity contribution in [2.75, 3.05) is 5.84 Å². The predicted octanol–water partition coefficient (Wildman–Crippen LogP) is 2.61. The van der Waals surface area contributed by atoms with Gasteiger partial charge in [0.25, 0.3) is 5.91 Å². The van der Waals surface area contributed by atoms with Crippen LogP contribution < -0.4 is 15.9 Å². The van der Waals surface area contributed by atoms with Crippen LogP contribution in [0.5, 0.6) is 5.75 Å². The van der Waals surface area contributed by atoms with Crippen LogP contribution in [-0.4, -0.2) is 42.5 Å². The number of hydrogen-bond acceptors (Lipinski definition) is 6. The molecule has 4 rings (SSSR count). The number of aromatic nitrogens is 5. The molecule has 11 heteroatoms. The molecule has 0 saturated heterocycles. The van der Waals surface area contributed by atoms with Crippen LogP contribution in [-0.2, 0) is 0 Å². The molecule has 0 aliphatic heterocycles. The third-order valence-electron chi connectivity index (χ3n) is 4.22. The number of alkyl halides is 2. The molecule has 0 saturated carbocycles. The van der Waals surface area contributed by atoms with Crippen molar-refractivity contribution in [3.05, 3.63) is 42.4 Å². The fraction of sp³-hybridized carbons (Fsp3) is 0.263. The largest absolute Gasteiger partial charge is 0.435 e. The van der Waals surface area contributed by atoms with Crippen LogP contribution in [0.25, 0.3) is 27.9 Å². The quantitative estimate of drug-likeness (QED) is 0.496. The summed E-state index contributed by atoms with van der Waals surface area (Å²) in [5, 5.41) is 7.72. The number of carbonyl (C=O) groups excluding carboxylic acids is 1. The summed E-state index contributed by atoms with van der Waals surface area (Å²) in [4.78, 5) is 21.5. The molecule has 4 aromatic rings. The van der Waals surface area contributed by atoms with E-state index < -0.39 is 12.2 Å². The average molecular weight is 415 g/mol. The highest BCUT2D eigenvalue weighted by Gasteiger charge is 2.22. The zero-order chi connectivity index (χ0) is 21.6. The zero-order valence-electron chi connectivity index (χ0n) is 16.4. The molecule has 0 spiro atoms. The van der Waals surface area contributed by atoms with E-state index in [1.807, 2.05) is 20.8 Å². The molecule has 0 unspecified atom stereocenters. The Morgan fingerprint density at radius 1 is 1.27 bits per heavy atom. The Morgan fingerprint density at radius 2 is 2.03 bits per heavy atom. The Bertz CT molecular complexity index is 1260. The highest BCUT2D eigenvalue weighted by Crippen LogP contribution is 2.25. The first-order valence-corrected chi connectivity index (χ1v) is 9.01. The highest BCUT2D eigenvalue weighted by atomic mass is 19.3. The Balaban J connectivity index is 1.78. The molecule has 9 nitrogen and oxygen atoms in total. The second kappa shape index (κ2) is 6.94. The van der Waals surface area contributed by atoms with E-state index in [1.54, 1.807) is 6.07 Å². The lowest BCUT2D eigenvalue weighted by atomic mass is 10.1. The van der Waals surface area contributed by atoms with Gasteiger partial charge in [0.1, 0.15) is 11.3 Å². The summed E-state index contributed by atoms with van der Waals surface area (Å²) in [7, 11) is 0. The van der Waals surface area contributed by atoms with Gasteiger partial charge in [-0.15, -0.1) is 0 Å². The standard InChI is InChI=1S/C19H19F2N7O2/c1-19(2,3)26-17(29)12-9-27(22)16-15(12)25-14(8-23-16)28-13-5-4-11(30-18(20)21)6-10(13)7-24-28/h4-9,18H,22H2,1-3H3,(H,26,29). The number of ether oxygens (including phenoxy) is 1. The molecule has 0 fully saturated rings. The first-order chi connectivity index (χ1) is 14.1. The Labute approximate surface area is 169 Å². The number of amides is 1. The summed E-state index contributed by atoms with van der Waals surface area (Å²) >= 11 is 0. The Hall–Kier alpha value is -3.76. The Morgan fingerprint density at radius 3 is 2.73 bits per heavy atom. The van der Waals surface area contributed by atoms with Crippen LogP contribution in [0.2, 0.25) is 0 Å². The number of hydrogen-bond donors (Lipinski definition) is 2. The van der Waals surface area contributed by atoms with E-state index in [4.69, 9.17) is 5.84 Å². The number of halogens is 2. The maximum absolute atomic E-state index is 12.7. The van der Waals surface area contributed by atoms with Gasteiger partial charge < -0.3 is 15.9 Å². The van der Waals surface area contributed by atoms with Crippen molar-refractivity contribution < 1.29 is 18.3 Å². The molecule has 1 aromatic carbocycles. The van der Waals surface area contributed by atoms with Gasteiger partial charge >= 0.3 is 6.61 Å². The van der Waals surface area contributed by atoms with E-state index in [-0.39, 0.29) is 17.2 Å². The smallest absolute Gasteiger partial charge is 0.387 e. The first kappa shape index (κ1) is 19.6. The number of nitrogens with zero attached hydrogens (tertiary/aromatic N) is 5. The number of carbonyl (C=O) groups is 1. The van der Waals surface area contributed by atoms with Crippen molar-refractivity contribution in [1.82, 2.24) is 29.7 Å². The van der Waals surface area contributed by atoms with Crippen molar-refractivity contribution in [2.24, 2.45) is 0 Å². The summed E-state index contributed by atoms with van der Waals surface area (Å²) in [6, 6.07) is 4.46. The van der Waals surface area contributed by atoms with Crippen LogP contribution in [0.1, 0.15) is 31.1 Å². The summed E-state index contributed by atoms with van der Waals surface area (Å²) in [5.74, 6) is 5.97. The minimum Gasteiger partial charge on any atom is -0.435 e. The SMILES string of the molecule is CC(C)(C)NC(=O)c1cn(N)c2ncc(-n3ncc4cc(OC(F)F)ccc43)nc12. The number of fused-ring (bicyclic) bond motifs is 2. The lowest BCUT2D eigenvalue weighted by molar-refractivity contribution is -0.0497. The summed E-state index contributed by atoms with van der Waals surface area (Å²) in [6.07, 6.45) is 4.43. The number of nitrogens with two attached hydrogens (primary N) is 1. The highest BCUT2D eigenvalue weighted by molar-refractivity contribution is 6.05. The molecular weight excluding hydrogens is 396 g/mol. The molecule has 3 heterocycles. The normalized spacial score (nSPS) is 12.1. The van der Waals surface area contributed by atoms with Gasteiger partial charge in [-0.3, -0.25) is 4.79 Å². The van der Waals surface area contributed by atoms with E-state index in [0.29, 0.717) is 27.9 Å². The van der Waals surface area contributed by atoms with E-state index in [0.717, 1.165) is 0 Å². The predicted molar refractivity (Wildman–Crippen MR) is 106 cm³/mol. The minimum absolute atomic E-state index is 0.0277. The maximum atomic E-state index is 12.7. The van der Waals surface area contributed by atoms with Crippen LogP contribution in [0.3, 0.4) is 0 Å². The molecule has 0 radical (unpaired) electrons. The molecule has 0 aliphatic carbocycles. The zero-order valence-corrected chi connectivity index (χ0v) is 16.4. The van der Waals surface area contributed by atoms with Gasteiger partial charge in [-0.1, -0.05) is 0 Å². The third kappa shape index (κ3) is 3.61. The molecule has 3 aromatic heterocycles. The van der Waals surface area contributed by atoms with Gasteiger partial charge in [-0.2, -0.15) is 13.9 Å². The molecule has 0 bridgehead atoms. The average Bonchev–Trinajstić information content (AvgIpc) is 3.20. The second-order valence-electron chi connectivity index (χ2n) is 7.71. The molecule has 1 amide bonds. The van der Waals surface area contributed by atoms with Crippen LogP contribution in [0, 0.1) is 0 Å². The number of benzene rings is 1. The number of nitrogen functional groups attached to an aromatic ring is 1. The molecule has 3 N–H and O–H groups in total. The van der Waals surface area contributed by atoms with E-state index in [1.165, 1.54) is 40.1 Å². The molecule has 30 heavy (non-hydrogen) atoms. The van der Waals surface area contributed by atoms with Gasteiger partial charge in [-0.25, -0.2) is 19.3 Å². The number of rotatable bonds is 4. The van der Waals surface area contributed by atoms with Gasteiger partial charge in [0.2, 0.25) is 0 Å². The monoisotopic (exact) mass is 415 g/mol. The van der Waals surface area contributed by atoms with Crippen molar-refractivity contribution in [2.45, 2.75) is 32.9 Å². The maximum Gasteiger partial charge on any atom is 0.387 e. The van der Waals surface area contributed by atoms with E-state index in [9.17, 15) is 13.6 Å². The van der Waals surface area contributed by atoms with Crippen LogP contribution in [0.15, 0.2) is 36.8 Å². The van der Waals surface area contributed by atoms with Gasteiger partial charge in [0.05, 0.1) is 23.5 Å². The van der Waals surface area contributed by atoms with E-state index in [2.05, 4.69) is 25.1 Å². The fourth-order valence-corrected chi connectivity index (χ4v) is 3.05. The lowest BCUT2D eigenvalue weighted by Crippen LogP contribution is -2.40.